The monoisotopic (exact) mass is 371 g/mol. The average molecular weight is 372 g/mol. The molecule has 1 unspecified atom stereocenters. The highest BCUT2D eigenvalue weighted by molar-refractivity contribution is 9.10. The van der Waals surface area contributed by atoms with Crippen LogP contribution in [0.15, 0.2) is 22.7 Å². The third-order valence-electron chi connectivity index (χ3n) is 3.28. The highest BCUT2D eigenvalue weighted by Crippen LogP contribution is 2.29. The summed E-state index contributed by atoms with van der Waals surface area (Å²) in [5.41, 5.74) is 2.13. The van der Waals surface area contributed by atoms with E-state index in [9.17, 15) is 4.39 Å². The lowest BCUT2D eigenvalue weighted by atomic mass is 10.00. The van der Waals surface area contributed by atoms with Crippen LogP contribution in [0.3, 0.4) is 0 Å². The fraction of sp³-hybridized carbons (Fsp3) is 0.467. The Morgan fingerprint density at radius 2 is 2.14 bits per heavy atom. The summed E-state index contributed by atoms with van der Waals surface area (Å²) < 4.78 is 18.0. The van der Waals surface area contributed by atoms with Crippen molar-refractivity contribution < 1.29 is 4.39 Å². The van der Waals surface area contributed by atoms with E-state index in [1.807, 2.05) is 12.1 Å². The summed E-state index contributed by atoms with van der Waals surface area (Å²) in [5.74, 6) is 0.112. The Kier molecular flexibility index (Phi) is 5.84. The zero-order chi connectivity index (χ0) is 15.4. The Balaban J connectivity index is 2.26. The van der Waals surface area contributed by atoms with Gasteiger partial charge in [0.05, 0.1) is 15.0 Å². The molecule has 6 heteroatoms. The van der Waals surface area contributed by atoms with Gasteiger partial charge in [0.2, 0.25) is 0 Å². The molecule has 0 bridgehead atoms. The highest BCUT2D eigenvalue weighted by atomic mass is 79.9. The maximum Gasteiger partial charge on any atom is 0.137 e. The number of aromatic nitrogens is 2. The lowest BCUT2D eigenvalue weighted by Gasteiger charge is -2.18. The standard InChI is InChI=1S/C15H19BrFN3S/c1-4-18-13(15-14(9(2)3)19-20-21-15)8-10-5-6-12(17)11(16)7-10/h5-7,9,13,18H,4,8H2,1-3H3. The predicted molar refractivity (Wildman–Crippen MR) is 88.2 cm³/mol. The molecule has 1 N–H and O–H groups in total. The molecule has 0 saturated carbocycles. The maximum atomic E-state index is 13.3. The molecule has 21 heavy (non-hydrogen) atoms. The molecule has 0 radical (unpaired) electrons. The first-order valence-corrected chi connectivity index (χ1v) is 8.59. The molecule has 2 rings (SSSR count). The molecule has 1 aromatic carbocycles. The fourth-order valence-electron chi connectivity index (χ4n) is 2.25. The Hall–Kier alpha value is -0.850. The number of nitrogens with zero attached hydrogens (tertiary/aromatic N) is 2. The van der Waals surface area contributed by atoms with Gasteiger partial charge < -0.3 is 5.32 Å². The average Bonchev–Trinajstić information content (AvgIpc) is 2.92. The van der Waals surface area contributed by atoms with Crippen LogP contribution < -0.4 is 5.32 Å². The first-order valence-electron chi connectivity index (χ1n) is 7.02. The summed E-state index contributed by atoms with van der Waals surface area (Å²) in [4.78, 5) is 1.17. The van der Waals surface area contributed by atoms with E-state index in [0.717, 1.165) is 24.2 Å². The zero-order valence-corrected chi connectivity index (χ0v) is 14.8. The summed E-state index contributed by atoms with van der Waals surface area (Å²) >= 11 is 4.69. The van der Waals surface area contributed by atoms with E-state index >= 15 is 0 Å². The van der Waals surface area contributed by atoms with E-state index in [0.29, 0.717) is 10.4 Å². The van der Waals surface area contributed by atoms with E-state index in [-0.39, 0.29) is 11.9 Å². The van der Waals surface area contributed by atoms with Crippen LogP contribution in [-0.4, -0.2) is 16.1 Å². The highest BCUT2D eigenvalue weighted by Gasteiger charge is 2.21. The second kappa shape index (κ2) is 7.42. The largest absolute Gasteiger partial charge is 0.309 e. The number of hydrogen-bond donors (Lipinski definition) is 1. The van der Waals surface area contributed by atoms with Crippen molar-refractivity contribution in [2.45, 2.75) is 39.2 Å². The van der Waals surface area contributed by atoms with Crippen molar-refractivity contribution in [1.82, 2.24) is 14.9 Å². The van der Waals surface area contributed by atoms with E-state index in [1.54, 1.807) is 0 Å². The number of rotatable bonds is 6. The summed E-state index contributed by atoms with van der Waals surface area (Å²) in [6, 6.07) is 5.32. The van der Waals surface area contributed by atoms with Gasteiger partial charge in [-0.2, -0.15) is 0 Å². The summed E-state index contributed by atoms with van der Waals surface area (Å²) in [7, 11) is 0. The second-order valence-electron chi connectivity index (χ2n) is 5.24. The molecular weight excluding hydrogens is 353 g/mol. The van der Waals surface area contributed by atoms with E-state index in [4.69, 9.17) is 0 Å². The molecule has 1 aromatic heterocycles. The third kappa shape index (κ3) is 4.08. The van der Waals surface area contributed by atoms with Crippen molar-refractivity contribution in [3.63, 3.8) is 0 Å². The molecule has 114 valence electrons. The van der Waals surface area contributed by atoms with Gasteiger partial charge in [0.1, 0.15) is 5.82 Å². The SMILES string of the molecule is CCNC(Cc1ccc(F)c(Br)c1)c1snnc1C(C)C. The Labute approximate surface area is 137 Å². The third-order valence-corrected chi connectivity index (χ3v) is 4.74. The van der Waals surface area contributed by atoms with Gasteiger partial charge >= 0.3 is 0 Å². The Morgan fingerprint density at radius 3 is 2.76 bits per heavy atom. The van der Waals surface area contributed by atoms with Crippen LogP contribution in [0.2, 0.25) is 0 Å². The van der Waals surface area contributed by atoms with Crippen LogP contribution in [-0.2, 0) is 6.42 Å². The number of nitrogens with one attached hydrogen (secondary N) is 1. The minimum Gasteiger partial charge on any atom is -0.309 e. The predicted octanol–water partition coefficient (Wildman–Crippen LogP) is 4.46. The Bertz CT molecular complexity index is 600. The van der Waals surface area contributed by atoms with Gasteiger partial charge in [0.25, 0.3) is 0 Å². The minimum absolute atomic E-state index is 0.157. The van der Waals surface area contributed by atoms with Gasteiger partial charge in [-0.3, -0.25) is 0 Å². The van der Waals surface area contributed by atoms with Crippen LogP contribution in [0, 0.1) is 5.82 Å². The molecule has 0 amide bonds. The normalized spacial score (nSPS) is 12.9. The van der Waals surface area contributed by atoms with Crippen LogP contribution in [0.4, 0.5) is 4.39 Å². The van der Waals surface area contributed by atoms with E-state index < -0.39 is 0 Å². The van der Waals surface area contributed by atoms with E-state index in [2.05, 4.69) is 51.6 Å². The van der Waals surface area contributed by atoms with Crippen molar-refractivity contribution in [2.24, 2.45) is 0 Å². The van der Waals surface area contributed by atoms with Crippen molar-refractivity contribution in [2.75, 3.05) is 6.54 Å². The molecule has 1 atom stereocenters. The molecule has 1 heterocycles. The lowest BCUT2D eigenvalue weighted by Crippen LogP contribution is -2.23. The van der Waals surface area contributed by atoms with Gasteiger partial charge in [-0.15, -0.1) is 5.10 Å². The van der Waals surface area contributed by atoms with E-state index in [1.165, 1.54) is 22.5 Å². The van der Waals surface area contributed by atoms with Gasteiger partial charge in [-0.1, -0.05) is 31.3 Å². The molecule has 3 nitrogen and oxygen atoms in total. The molecule has 0 saturated heterocycles. The number of likely N-dealkylation sites (N-methyl/N-ethyl adjacent to an activating group) is 1. The van der Waals surface area contributed by atoms with Crippen molar-refractivity contribution in [3.8, 4) is 0 Å². The van der Waals surface area contributed by atoms with Gasteiger partial charge in [0, 0.05) is 6.04 Å². The van der Waals surface area contributed by atoms with Crippen LogP contribution in [0.25, 0.3) is 0 Å². The maximum absolute atomic E-state index is 13.3. The second-order valence-corrected chi connectivity index (χ2v) is 6.88. The first-order chi connectivity index (χ1) is 10.0. The first kappa shape index (κ1) is 16.5. The molecule has 0 aliphatic heterocycles. The molecule has 0 spiro atoms. The van der Waals surface area contributed by atoms with Crippen LogP contribution >= 0.6 is 27.5 Å². The lowest BCUT2D eigenvalue weighted by molar-refractivity contribution is 0.547. The number of hydrogen-bond acceptors (Lipinski definition) is 4. The van der Waals surface area contributed by atoms with Gasteiger partial charge in [-0.25, -0.2) is 4.39 Å². The molecule has 0 aliphatic rings. The quantitative estimate of drug-likeness (QED) is 0.814. The molecule has 2 aromatic rings. The summed E-state index contributed by atoms with van der Waals surface area (Å²) in [5, 5.41) is 7.74. The van der Waals surface area contributed by atoms with Crippen LogP contribution in [0.1, 0.15) is 48.9 Å². The van der Waals surface area contributed by atoms with Crippen molar-refractivity contribution in [1.29, 1.82) is 0 Å². The van der Waals surface area contributed by atoms with Crippen LogP contribution in [0.5, 0.6) is 0 Å². The zero-order valence-electron chi connectivity index (χ0n) is 12.4. The summed E-state index contributed by atoms with van der Waals surface area (Å²) in [6.07, 6.45) is 0.788. The molecule has 0 fully saturated rings. The fourth-order valence-corrected chi connectivity index (χ4v) is 3.56. The summed E-state index contributed by atoms with van der Waals surface area (Å²) in [6.45, 7) is 7.19. The Morgan fingerprint density at radius 1 is 1.38 bits per heavy atom. The number of halogens is 2. The van der Waals surface area contributed by atoms with Crippen molar-refractivity contribution in [3.05, 3.63) is 44.6 Å². The molecular formula is C15H19BrFN3S. The minimum atomic E-state index is -0.235. The number of benzene rings is 1. The smallest absolute Gasteiger partial charge is 0.137 e. The van der Waals surface area contributed by atoms with Crippen molar-refractivity contribution >= 4 is 27.5 Å². The topological polar surface area (TPSA) is 37.8 Å². The van der Waals surface area contributed by atoms with Gasteiger partial charge in [0.15, 0.2) is 0 Å². The van der Waals surface area contributed by atoms with Gasteiger partial charge in [-0.05, 0) is 64.0 Å². The molecule has 0 aliphatic carbocycles.